The van der Waals surface area contributed by atoms with Crippen molar-refractivity contribution in [2.24, 2.45) is 0 Å². The fourth-order valence-electron chi connectivity index (χ4n) is 2.65. The molecule has 29 heavy (non-hydrogen) atoms. The Labute approximate surface area is 183 Å². The van der Waals surface area contributed by atoms with Gasteiger partial charge in [-0.1, -0.05) is 39.7 Å². The second kappa shape index (κ2) is 8.98. The Morgan fingerprint density at radius 3 is 2.14 bits per heavy atom. The van der Waals surface area contributed by atoms with Crippen LogP contribution in [0.15, 0.2) is 82.2 Å². The molecule has 0 spiro atoms. The van der Waals surface area contributed by atoms with E-state index in [0.717, 1.165) is 10.0 Å². The van der Waals surface area contributed by atoms with Crippen LogP contribution in [0.5, 0.6) is 0 Å². The molecule has 5 nitrogen and oxygen atoms in total. The topological polar surface area (TPSA) is 66.5 Å². The summed E-state index contributed by atoms with van der Waals surface area (Å²) >= 11 is 9.18. The van der Waals surface area contributed by atoms with Gasteiger partial charge in [0.25, 0.3) is 10.0 Å². The molecule has 8 heteroatoms. The third-order valence-electron chi connectivity index (χ3n) is 4.26. The van der Waals surface area contributed by atoms with Crippen molar-refractivity contribution in [1.29, 1.82) is 0 Å². The van der Waals surface area contributed by atoms with Crippen LogP contribution >= 0.6 is 27.5 Å². The van der Waals surface area contributed by atoms with Gasteiger partial charge >= 0.3 is 0 Å². The summed E-state index contributed by atoms with van der Waals surface area (Å²) < 4.78 is 27.6. The summed E-state index contributed by atoms with van der Waals surface area (Å²) in [5.74, 6) is -0.151. The Balaban J connectivity index is 1.68. The van der Waals surface area contributed by atoms with Crippen molar-refractivity contribution in [1.82, 2.24) is 0 Å². The number of anilines is 2. The minimum absolute atomic E-state index is 0.151. The van der Waals surface area contributed by atoms with E-state index in [1.54, 1.807) is 24.3 Å². The molecular formula is C21H18BrClN2O3S. The van der Waals surface area contributed by atoms with Gasteiger partial charge < -0.3 is 5.32 Å². The van der Waals surface area contributed by atoms with Gasteiger partial charge in [0, 0.05) is 22.2 Å². The lowest BCUT2D eigenvalue weighted by atomic mass is 10.1. The van der Waals surface area contributed by atoms with Gasteiger partial charge in [-0.15, -0.1) is 0 Å². The van der Waals surface area contributed by atoms with Crippen LogP contribution in [-0.4, -0.2) is 21.4 Å². The molecule has 3 rings (SSSR count). The van der Waals surface area contributed by atoms with Gasteiger partial charge in [0.2, 0.25) is 5.91 Å². The predicted molar refractivity (Wildman–Crippen MR) is 120 cm³/mol. The summed E-state index contributed by atoms with van der Waals surface area (Å²) in [7, 11) is -2.21. The highest BCUT2D eigenvalue weighted by atomic mass is 79.9. The van der Waals surface area contributed by atoms with E-state index >= 15 is 0 Å². The maximum absolute atomic E-state index is 12.7. The number of rotatable bonds is 6. The Bertz CT molecular complexity index is 1100. The highest BCUT2D eigenvalue weighted by Gasteiger charge is 2.21. The number of amides is 1. The van der Waals surface area contributed by atoms with E-state index < -0.39 is 10.0 Å². The van der Waals surface area contributed by atoms with Crippen molar-refractivity contribution in [3.8, 4) is 0 Å². The van der Waals surface area contributed by atoms with Crippen LogP contribution in [0.2, 0.25) is 5.02 Å². The number of nitrogens with one attached hydrogen (secondary N) is 1. The van der Waals surface area contributed by atoms with Gasteiger partial charge in [0.05, 0.1) is 17.0 Å². The first-order valence-electron chi connectivity index (χ1n) is 8.64. The number of sulfonamides is 1. The fourth-order valence-corrected chi connectivity index (χ4v) is 4.24. The van der Waals surface area contributed by atoms with Crippen LogP contribution in [0.25, 0.3) is 0 Å². The summed E-state index contributed by atoms with van der Waals surface area (Å²) in [4.78, 5) is 12.4. The normalized spacial score (nSPS) is 11.1. The number of carbonyl (C=O) groups is 1. The molecular weight excluding hydrogens is 476 g/mol. The largest absolute Gasteiger partial charge is 0.326 e. The van der Waals surface area contributed by atoms with Crippen molar-refractivity contribution in [3.63, 3.8) is 0 Å². The van der Waals surface area contributed by atoms with Gasteiger partial charge in [0.1, 0.15) is 0 Å². The maximum atomic E-state index is 12.7. The fraction of sp³-hybridized carbons (Fsp3) is 0.0952. The highest BCUT2D eigenvalue weighted by Crippen LogP contribution is 2.24. The highest BCUT2D eigenvalue weighted by molar-refractivity contribution is 9.10. The van der Waals surface area contributed by atoms with Crippen molar-refractivity contribution in [2.45, 2.75) is 11.3 Å². The molecule has 0 aliphatic heterocycles. The van der Waals surface area contributed by atoms with Gasteiger partial charge in [-0.3, -0.25) is 9.10 Å². The molecule has 150 valence electrons. The average Bonchev–Trinajstić information content (AvgIpc) is 2.70. The zero-order chi connectivity index (χ0) is 21.0. The predicted octanol–water partition coefficient (Wildman–Crippen LogP) is 5.11. The number of benzene rings is 3. The molecule has 1 N–H and O–H groups in total. The number of hydrogen-bond acceptors (Lipinski definition) is 3. The molecule has 0 fully saturated rings. The van der Waals surface area contributed by atoms with Crippen molar-refractivity contribution < 1.29 is 13.2 Å². The zero-order valence-electron chi connectivity index (χ0n) is 15.5. The van der Waals surface area contributed by atoms with E-state index in [1.165, 1.54) is 35.6 Å². The number of hydrogen-bond donors (Lipinski definition) is 1. The van der Waals surface area contributed by atoms with Crippen molar-refractivity contribution in [2.75, 3.05) is 16.7 Å². The zero-order valence-corrected chi connectivity index (χ0v) is 18.6. The Morgan fingerprint density at radius 1 is 0.966 bits per heavy atom. The molecule has 0 saturated heterocycles. The minimum atomic E-state index is -3.70. The quantitative estimate of drug-likeness (QED) is 0.519. The molecule has 0 heterocycles. The molecule has 1 amide bonds. The van der Waals surface area contributed by atoms with Crippen LogP contribution in [0.1, 0.15) is 5.56 Å². The molecule has 0 aliphatic carbocycles. The lowest BCUT2D eigenvalue weighted by Gasteiger charge is -2.20. The van der Waals surface area contributed by atoms with Crippen LogP contribution in [-0.2, 0) is 21.2 Å². The minimum Gasteiger partial charge on any atom is -0.326 e. The third-order valence-corrected chi connectivity index (χ3v) is 6.85. The van der Waals surface area contributed by atoms with E-state index in [1.807, 2.05) is 24.3 Å². The van der Waals surface area contributed by atoms with E-state index in [0.29, 0.717) is 16.4 Å². The standard InChI is InChI=1S/C21H18BrClN2O3S/c1-25(29(27,28)20-12-6-17(23)7-13-20)19-10-2-15(3-11-19)14-21(26)24-18-8-4-16(22)5-9-18/h2-13H,14H2,1H3,(H,24,26). The summed E-state index contributed by atoms with van der Waals surface area (Å²) in [6.45, 7) is 0. The second-order valence-corrected chi connectivity index (χ2v) is 9.65. The van der Waals surface area contributed by atoms with Crippen molar-refractivity contribution >= 4 is 54.8 Å². The van der Waals surface area contributed by atoms with Gasteiger partial charge in [-0.05, 0) is 66.2 Å². The molecule has 0 unspecified atom stereocenters. The smallest absolute Gasteiger partial charge is 0.264 e. The number of carbonyl (C=O) groups excluding carboxylic acids is 1. The van der Waals surface area contributed by atoms with Crippen LogP contribution < -0.4 is 9.62 Å². The Morgan fingerprint density at radius 2 is 1.55 bits per heavy atom. The third kappa shape index (κ3) is 5.38. The van der Waals surface area contributed by atoms with E-state index in [-0.39, 0.29) is 17.2 Å². The Hall–Kier alpha value is -2.35. The van der Waals surface area contributed by atoms with Crippen LogP contribution in [0, 0.1) is 0 Å². The lowest BCUT2D eigenvalue weighted by molar-refractivity contribution is -0.115. The summed E-state index contributed by atoms with van der Waals surface area (Å²) in [6, 6.07) is 20.2. The SMILES string of the molecule is CN(c1ccc(CC(=O)Nc2ccc(Br)cc2)cc1)S(=O)(=O)c1ccc(Cl)cc1. The van der Waals surface area contributed by atoms with Gasteiger partial charge in [-0.2, -0.15) is 0 Å². The number of halogens is 2. The lowest BCUT2D eigenvalue weighted by Crippen LogP contribution is -2.26. The maximum Gasteiger partial charge on any atom is 0.264 e. The summed E-state index contributed by atoms with van der Waals surface area (Å²) in [5.41, 5.74) is 1.99. The van der Waals surface area contributed by atoms with E-state index in [2.05, 4.69) is 21.2 Å². The monoisotopic (exact) mass is 492 g/mol. The molecule has 3 aromatic rings. The first-order chi connectivity index (χ1) is 13.8. The summed E-state index contributed by atoms with van der Waals surface area (Å²) in [6.07, 6.45) is 0.185. The van der Waals surface area contributed by atoms with E-state index in [9.17, 15) is 13.2 Å². The first kappa shape index (κ1) is 21.4. The second-order valence-electron chi connectivity index (χ2n) is 6.32. The molecule has 0 aliphatic rings. The molecule has 0 atom stereocenters. The van der Waals surface area contributed by atoms with Crippen molar-refractivity contribution in [3.05, 3.63) is 87.9 Å². The van der Waals surface area contributed by atoms with Crippen LogP contribution in [0.3, 0.4) is 0 Å². The summed E-state index contributed by atoms with van der Waals surface area (Å²) in [5, 5.41) is 3.30. The first-order valence-corrected chi connectivity index (χ1v) is 11.3. The molecule has 3 aromatic carbocycles. The van der Waals surface area contributed by atoms with Gasteiger partial charge in [0.15, 0.2) is 0 Å². The molecule has 0 radical (unpaired) electrons. The number of nitrogens with zero attached hydrogens (tertiary/aromatic N) is 1. The Kier molecular flexibility index (Phi) is 6.62. The van der Waals surface area contributed by atoms with Gasteiger partial charge in [-0.25, -0.2) is 8.42 Å². The van der Waals surface area contributed by atoms with E-state index in [4.69, 9.17) is 11.6 Å². The molecule has 0 aromatic heterocycles. The van der Waals surface area contributed by atoms with Crippen LogP contribution in [0.4, 0.5) is 11.4 Å². The molecule has 0 bridgehead atoms. The average molecular weight is 494 g/mol. The molecule has 0 saturated carbocycles.